The molecular weight excluding hydrogens is 185 g/mol. The highest BCUT2D eigenvalue weighted by molar-refractivity contribution is 6.14. The van der Waals surface area contributed by atoms with Crippen molar-refractivity contribution >= 4 is 13.8 Å². The highest BCUT2D eigenvalue weighted by Crippen LogP contribution is 2.44. The van der Waals surface area contributed by atoms with E-state index in [9.17, 15) is 4.79 Å². The predicted molar refractivity (Wildman–Crippen MR) is 61.8 cm³/mol. The Morgan fingerprint density at radius 3 is 2.73 bits per heavy atom. The maximum atomic E-state index is 12.0. The Morgan fingerprint density at radius 1 is 1.33 bits per heavy atom. The number of rotatable bonds is 0. The molecule has 82 valence electrons. The van der Waals surface area contributed by atoms with Crippen LogP contribution in [0, 0.1) is 11.8 Å². The van der Waals surface area contributed by atoms with Crippen LogP contribution in [0.15, 0.2) is 0 Å². The summed E-state index contributed by atoms with van der Waals surface area (Å²) in [6.45, 7) is 3.06. The predicted octanol–water partition coefficient (Wildman–Crippen LogP) is 2.00. The Morgan fingerprint density at radius 2 is 2.00 bits per heavy atom. The van der Waals surface area contributed by atoms with Crippen LogP contribution in [0.5, 0.6) is 0 Å². The van der Waals surface area contributed by atoms with E-state index in [0.717, 1.165) is 32.2 Å². The van der Waals surface area contributed by atoms with E-state index in [2.05, 4.69) is 6.92 Å². The molecule has 1 amide bonds. The van der Waals surface area contributed by atoms with Gasteiger partial charge in [-0.2, -0.15) is 0 Å². The number of hydrogen-bond acceptors (Lipinski definition) is 1. The molecule has 3 unspecified atom stereocenters. The van der Waals surface area contributed by atoms with Gasteiger partial charge < -0.3 is 4.90 Å². The van der Waals surface area contributed by atoms with Gasteiger partial charge in [-0.15, -0.1) is 0 Å². The van der Waals surface area contributed by atoms with Gasteiger partial charge in [-0.1, -0.05) is 25.1 Å². The van der Waals surface area contributed by atoms with E-state index in [1.807, 2.05) is 11.9 Å². The second-order valence-electron chi connectivity index (χ2n) is 5.65. The molecule has 2 fully saturated rings. The Bertz CT molecular complexity index is 264. The maximum absolute atomic E-state index is 12.0. The van der Waals surface area contributed by atoms with E-state index in [4.69, 9.17) is 7.85 Å². The van der Waals surface area contributed by atoms with Crippen molar-refractivity contribution in [1.82, 2.24) is 4.90 Å². The average molecular weight is 205 g/mol. The number of hydrogen-bond donors (Lipinski definition) is 0. The standard InChI is InChI=1S/C12H20BNO/c1-12(13)6-3-9-5-8-14(2)11(15)10(9)4-7-12/h9-10H,3-8H2,1-2H3. The lowest BCUT2D eigenvalue weighted by Crippen LogP contribution is -2.42. The minimum atomic E-state index is -0.0454. The summed E-state index contributed by atoms with van der Waals surface area (Å²) in [5.41, 5.74) is 0. The Labute approximate surface area is 93.8 Å². The van der Waals surface area contributed by atoms with Crippen molar-refractivity contribution in [2.24, 2.45) is 11.8 Å². The number of carbonyl (C=O) groups excluding carboxylic acids is 1. The van der Waals surface area contributed by atoms with Gasteiger partial charge in [0.15, 0.2) is 0 Å². The third-order valence-electron chi connectivity index (χ3n) is 4.21. The largest absolute Gasteiger partial charge is 0.346 e. The highest BCUT2D eigenvalue weighted by Gasteiger charge is 2.38. The third kappa shape index (κ3) is 2.21. The van der Waals surface area contributed by atoms with Crippen LogP contribution in [-0.2, 0) is 4.79 Å². The molecule has 0 aromatic heterocycles. The topological polar surface area (TPSA) is 20.3 Å². The summed E-state index contributed by atoms with van der Waals surface area (Å²) in [5.74, 6) is 1.21. The molecule has 15 heavy (non-hydrogen) atoms. The van der Waals surface area contributed by atoms with Crippen molar-refractivity contribution in [1.29, 1.82) is 0 Å². The fourth-order valence-electron chi connectivity index (χ4n) is 2.99. The van der Waals surface area contributed by atoms with Gasteiger partial charge in [0.1, 0.15) is 0 Å². The van der Waals surface area contributed by atoms with Gasteiger partial charge >= 0.3 is 0 Å². The smallest absolute Gasteiger partial charge is 0.225 e. The van der Waals surface area contributed by atoms with Crippen molar-refractivity contribution < 1.29 is 4.79 Å². The van der Waals surface area contributed by atoms with Crippen LogP contribution in [0.3, 0.4) is 0 Å². The molecule has 0 N–H and O–H groups in total. The first-order valence-corrected chi connectivity index (χ1v) is 6.03. The summed E-state index contributed by atoms with van der Waals surface area (Å²) in [7, 11) is 8.11. The molecule has 0 aromatic rings. The first-order chi connectivity index (χ1) is 6.99. The minimum absolute atomic E-state index is 0.0454. The SMILES string of the molecule is [B]C1(C)CCC2CCN(C)C(=O)C2CC1. The molecule has 2 rings (SSSR count). The monoisotopic (exact) mass is 205 g/mol. The van der Waals surface area contributed by atoms with E-state index in [1.54, 1.807) is 0 Å². The van der Waals surface area contributed by atoms with Crippen molar-refractivity contribution in [3.8, 4) is 0 Å². The van der Waals surface area contributed by atoms with Gasteiger partial charge in [0.25, 0.3) is 0 Å². The molecular formula is C12H20BNO. The summed E-state index contributed by atoms with van der Waals surface area (Å²) in [6.07, 6.45) is 5.36. The number of carbonyl (C=O) groups is 1. The first kappa shape index (κ1) is 11.0. The number of nitrogens with zero attached hydrogens (tertiary/aromatic N) is 1. The molecule has 3 heteroatoms. The summed E-state index contributed by atoms with van der Waals surface area (Å²) in [4.78, 5) is 13.9. The molecule has 1 saturated heterocycles. The fraction of sp³-hybridized carbons (Fsp3) is 0.917. The number of piperidine rings is 1. The van der Waals surface area contributed by atoms with Crippen molar-refractivity contribution in [3.05, 3.63) is 0 Å². The maximum Gasteiger partial charge on any atom is 0.225 e. The zero-order valence-corrected chi connectivity index (χ0v) is 9.83. The zero-order chi connectivity index (χ0) is 11.1. The Balaban J connectivity index is 2.10. The molecule has 0 bridgehead atoms. The van der Waals surface area contributed by atoms with Crippen LogP contribution in [0.25, 0.3) is 0 Å². The van der Waals surface area contributed by atoms with Crippen LogP contribution >= 0.6 is 0 Å². The molecule has 1 aliphatic carbocycles. The van der Waals surface area contributed by atoms with Crippen LogP contribution in [0.2, 0.25) is 5.31 Å². The van der Waals surface area contributed by atoms with Gasteiger partial charge in [-0.05, 0) is 25.2 Å². The van der Waals surface area contributed by atoms with Crippen LogP contribution in [0.1, 0.15) is 39.0 Å². The van der Waals surface area contributed by atoms with E-state index in [0.29, 0.717) is 11.8 Å². The second-order valence-corrected chi connectivity index (χ2v) is 5.65. The summed E-state index contributed by atoms with van der Waals surface area (Å²) >= 11 is 0. The number of amides is 1. The molecule has 1 aliphatic heterocycles. The van der Waals surface area contributed by atoms with Gasteiger partial charge in [0.2, 0.25) is 5.91 Å². The second kappa shape index (κ2) is 3.84. The van der Waals surface area contributed by atoms with Crippen molar-refractivity contribution in [2.45, 2.75) is 44.3 Å². The Hall–Kier alpha value is -0.465. The van der Waals surface area contributed by atoms with Crippen molar-refractivity contribution in [2.75, 3.05) is 13.6 Å². The fourth-order valence-corrected chi connectivity index (χ4v) is 2.99. The average Bonchev–Trinajstić information content (AvgIpc) is 2.32. The number of fused-ring (bicyclic) bond motifs is 1. The molecule has 3 atom stereocenters. The van der Waals surface area contributed by atoms with E-state index in [-0.39, 0.29) is 11.2 Å². The van der Waals surface area contributed by atoms with Crippen LogP contribution in [-0.4, -0.2) is 32.2 Å². The zero-order valence-electron chi connectivity index (χ0n) is 9.83. The lowest BCUT2D eigenvalue weighted by Gasteiger charge is -2.35. The van der Waals surface area contributed by atoms with Gasteiger partial charge in [0, 0.05) is 19.5 Å². The molecule has 2 radical (unpaired) electrons. The summed E-state index contributed by atoms with van der Waals surface area (Å²) in [5, 5.41) is -0.0454. The first-order valence-electron chi connectivity index (χ1n) is 6.03. The molecule has 0 spiro atoms. The molecule has 0 aromatic carbocycles. The van der Waals surface area contributed by atoms with E-state index in [1.165, 1.54) is 6.42 Å². The highest BCUT2D eigenvalue weighted by atomic mass is 16.2. The van der Waals surface area contributed by atoms with Gasteiger partial charge in [-0.25, -0.2) is 0 Å². The van der Waals surface area contributed by atoms with Crippen LogP contribution < -0.4 is 0 Å². The Kier molecular flexibility index (Phi) is 2.82. The molecule has 1 heterocycles. The lowest BCUT2D eigenvalue weighted by atomic mass is 9.65. The van der Waals surface area contributed by atoms with Gasteiger partial charge in [-0.3, -0.25) is 4.79 Å². The van der Waals surface area contributed by atoms with E-state index >= 15 is 0 Å². The van der Waals surface area contributed by atoms with Gasteiger partial charge in [0.05, 0.1) is 7.85 Å². The molecule has 1 saturated carbocycles. The third-order valence-corrected chi connectivity index (χ3v) is 4.21. The normalized spacial score (nSPS) is 42.3. The summed E-state index contributed by atoms with van der Waals surface area (Å²) in [6, 6.07) is 0. The minimum Gasteiger partial charge on any atom is -0.346 e. The van der Waals surface area contributed by atoms with E-state index < -0.39 is 0 Å². The quantitative estimate of drug-likeness (QED) is 0.554. The number of likely N-dealkylation sites (tertiary alicyclic amines) is 1. The molecule has 2 nitrogen and oxygen atoms in total. The van der Waals surface area contributed by atoms with Crippen molar-refractivity contribution in [3.63, 3.8) is 0 Å². The lowest BCUT2D eigenvalue weighted by molar-refractivity contribution is -0.139. The molecule has 2 aliphatic rings. The van der Waals surface area contributed by atoms with Crippen LogP contribution in [0.4, 0.5) is 0 Å². The summed E-state index contributed by atoms with van der Waals surface area (Å²) < 4.78 is 0.